The Bertz CT molecular complexity index is 767. The smallest absolute Gasteiger partial charge is 0.254 e. The summed E-state index contributed by atoms with van der Waals surface area (Å²) in [5.41, 5.74) is 0.662. The molecule has 2 rings (SSSR count). The standard InChI is InChI=1S/C17H16ClFN2O3/c1-21(10-16(22)20-13-5-3-4-12(18)9-13)17(23)11-6-7-15(24-2)14(19)8-11/h3-9H,10H2,1-2H3,(H,20,22). The Hall–Kier alpha value is -2.60. The zero-order valence-corrected chi connectivity index (χ0v) is 13.9. The maximum Gasteiger partial charge on any atom is 0.254 e. The van der Waals surface area contributed by atoms with Gasteiger partial charge in [-0.2, -0.15) is 0 Å². The van der Waals surface area contributed by atoms with Crippen LogP contribution in [0.1, 0.15) is 10.4 Å². The number of halogens is 2. The third-order valence-electron chi connectivity index (χ3n) is 3.23. The number of rotatable bonds is 5. The number of anilines is 1. The average Bonchev–Trinajstić information content (AvgIpc) is 2.53. The molecular weight excluding hydrogens is 335 g/mol. The summed E-state index contributed by atoms with van der Waals surface area (Å²) in [6.45, 7) is -0.182. The summed E-state index contributed by atoms with van der Waals surface area (Å²) < 4.78 is 18.5. The molecule has 1 N–H and O–H groups in total. The Morgan fingerprint density at radius 1 is 1.25 bits per heavy atom. The van der Waals surface area contributed by atoms with Crippen LogP contribution in [0, 0.1) is 5.82 Å². The highest BCUT2D eigenvalue weighted by atomic mass is 35.5. The molecular formula is C17H16ClFN2O3. The first-order chi connectivity index (χ1) is 11.4. The van der Waals surface area contributed by atoms with Crippen molar-refractivity contribution >= 4 is 29.1 Å². The lowest BCUT2D eigenvalue weighted by Crippen LogP contribution is -2.35. The van der Waals surface area contributed by atoms with E-state index in [4.69, 9.17) is 16.3 Å². The van der Waals surface area contributed by atoms with Gasteiger partial charge in [-0.3, -0.25) is 9.59 Å². The third kappa shape index (κ3) is 4.45. The lowest BCUT2D eigenvalue weighted by Gasteiger charge is -2.17. The largest absolute Gasteiger partial charge is 0.494 e. The van der Waals surface area contributed by atoms with Crippen LogP contribution in [0.4, 0.5) is 10.1 Å². The fourth-order valence-electron chi connectivity index (χ4n) is 2.07. The lowest BCUT2D eigenvalue weighted by molar-refractivity contribution is -0.116. The second-order valence-corrected chi connectivity index (χ2v) is 5.51. The molecule has 0 fully saturated rings. The fraction of sp³-hybridized carbons (Fsp3) is 0.176. The summed E-state index contributed by atoms with van der Waals surface area (Å²) in [5.74, 6) is -1.45. The van der Waals surface area contributed by atoms with Crippen molar-refractivity contribution in [2.45, 2.75) is 0 Å². The molecule has 7 heteroatoms. The predicted molar refractivity (Wildman–Crippen MR) is 90.0 cm³/mol. The highest BCUT2D eigenvalue weighted by Gasteiger charge is 2.17. The van der Waals surface area contributed by atoms with Crippen LogP contribution in [0.15, 0.2) is 42.5 Å². The molecule has 5 nitrogen and oxygen atoms in total. The summed E-state index contributed by atoms with van der Waals surface area (Å²) in [7, 11) is 2.80. The molecule has 0 spiro atoms. The van der Waals surface area contributed by atoms with Crippen LogP contribution < -0.4 is 10.1 Å². The topological polar surface area (TPSA) is 58.6 Å². The van der Waals surface area contributed by atoms with Crippen molar-refractivity contribution in [3.8, 4) is 5.75 Å². The number of nitrogens with zero attached hydrogens (tertiary/aromatic N) is 1. The zero-order valence-electron chi connectivity index (χ0n) is 13.2. The van der Waals surface area contributed by atoms with E-state index in [1.54, 1.807) is 24.3 Å². The second-order valence-electron chi connectivity index (χ2n) is 5.07. The maximum absolute atomic E-state index is 13.7. The lowest BCUT2D eigenvalue weighted by atomic mass is 10.2. The third-order valence-corrected chi connectivity index (χ3v) is 3.47. The van der Waals surface area contributed by atoms with Gasteiger partial charge < -0.3 is 15.0 Å². The molecule has 0 atom stereocenters. The van der Waals surface area contributed by atoms with Crippen molar-refractivity contribution in [1.29, 1.82) is 0 Å². The number of likely N-dealkylation sites (N-methyl/N-ethyl adjacent to an activating group) is 1. The van der Waals surface area contributed by atoms with Crippen LogP contribution in [0.5, 0.6) is 5.75 Å². The van der Waals surface area contributed by atoms with Crippen LogP contribution >= 0.6 is 11.6 Å². The fourth-order valence-corrected chi connectivity index (χ4v) is 2.26. The summed E-state index contributed by atoms with van der Waals surface area (Å²) >= 11 is 5.84. The summed E-state index contributed by atoms with van der Waals surface area (Å²) in [6.07, 6.45) is 0. The van der Waals surface area contributed by atoms with Crippen molar-refractivity contribution in [3.63, 3.8) is 0 Å². The van der Waals surface area contributed by atoms with E-state index in [1.165, 1.54) is 31.2 Å². The van der Waals surface area contributed by atoms with Gasteiger partial charge in [0, 0.05) is 23.3 Å². The summed E-state index contributed by atoms with van der Waals surface area (Å²) in [6, 6.07) is 10.5. The van der Waals surface area contributed by atoms with Crippen LogP contribution in [-0.2, 0) is 4.79 Å². The molecule has 0 aliphatic heterocycles. The number of hydrogen-bond donors (Lipinski definition) is 1. The minimum absolute atomic E-state index is 0.0490. The van der Waals surface area contributed by atoms with Crippen LogP contribution in [-0.4, -0.2) is 37.4 Å². The first-order valence-corrected chi connectivity index (χ1v) is 7.43. The maximum atomic E-state index is 13.7. The van der Waals surface area contributed by atoms with Crippen LogP contribution in [0.3, 0.4) is 0 Å². The minimum atomic E-state index is -0.639. The van der Waals surface area contributed by atoms with Gasteiger partial charge in [0.25, 0.3) is 5.91 Å². The summed E-state index contributed by atoms with van der Waals surface area (Å²) in [5, 5.41) is 3.13. The van der Waals surface area contributed by atoms with Gasteiger partial charge in [-0.25, -0.2) is 4.39 Å². The molecule has 0 aliphatic rings. The highest BCUT2D eigenvalue weighted by molar-refractivity contribution is 6.30. The minimum Gasteiger partial charge on any atom is -0.494 e. The van der Waals surface area contributed by atoms with E-state index in [0.29, 0.717) is 10.7 Å². The number of nitrogens with one attached hydrogen (secondary N) is 1. The number of carbonyl (C=O) groups is 2. The molecule has 0 saturated heterocycles. The Morgan fingerprint density at radius 2 is 2.00 bits per heavy atom. The van der Waals surface area contributed by atoms with Gasteiger partial charge in [-0.15, -0.1) is 0 Å². The quantitative estimate of drug-likeness (QED) is 0.900. The Labute approximate surface area is 144 Å². The SMILES string of the molecule is COc1ccc(C(=O)N(C)CC(=O)Nc2cccc(Cl)c2)cc1F. The first-order valence-electron chi connectivity index (χ1n) is 7.05. The van der Waals surface area contributed by atoms with Crippen molar-refractivity contribution < 1.29 is 18.7 Å². The van der Waals surface area contributed by atoms with E-state index in [9.17, 15) is 14.0 Å². The Kier molecular flexibility index (Phi) is 5.76. The van der Waals surface area contributed by atoms with Gasteiger partial charge in [-0.05, 0) is 36.4 Å². The number of ether oxygens (including phenoxy) is 1. The average molecular weight is 351 g/mol. The molecule has 0 saturated carbocycles. The van der Waals surface area contributed by atoms with Crippen molar-refractivity contribution in [1.82, 2.24) is 4.90 Å². The van der Waals surface area contributed by atoms with E-state index < -0.39 is 11.7 Å². The molecule has 0 unspecified atom stereocenters. The van der Waals surface area contributed by atoms with Crippen LogP contribution in [0.25, 0.3) is 0 Å². The second kappa shape index (κ2) is 7.79. The van der Waals surface area contributed by atoms with Gasteiger partial charge in [0.05, 0.1) is 13.7 Å². The van der Waals surface area contributed by atoms with E-state index in [-0.39, 0.29) is 23.8 Å². The van der Waals surface area contributed by atoms with Gasteiger partial charge in [0.15, 0.2) is 11.6 Å². The normalized spacial score (nSPS) is 10.2. The Balaban J connectivity index is 2.00. The molecule has 2 aromatic carbocycles. The monoisotopic (exact) mass is 350 g/mol. The van der Waals surface area contributed by atoms with Crippen LogP contribution in [0.2, 0.25) is 5.02 Å². The van der Waals surface area contributed by atoms with Gasteiger partial charge >= 0.3 is 0 Å². The van der Waals surface area contributed by atoms with E-state index in [0.717, 1.165) is 6.07 Å². The molecule has 126 valence electrons. The number of carbonyl (C=O) groups excluding carboxylic acids is 2. The molecule has 0 aliphatic carbocycles. The molecule has 0 bridgehead atoms. The number of amides is 2. The molecule has 0 aromatic heterocycles. The van der Waals surface area contributed by atoms with Crippen molar-refractivity contribution in [2.24, 2.45) is 0 Å². The molecule has 2 amide bonds. The van der Waals surface area contributed by atoms with E-state index in [2.05, 4.69) is 5.32 Å². The molecule has 2 aromatic rings. The molecule has 0 radical (unpaired) electrons. The van der Waals surface area contributed by atoms with Gasteiger partial charge in [-0.1, -0.05) is 17.7 Å². The van der Waals surface area contributed by atoms with Crippen molar-refractivity contribution in [2.75, 3.05) is 26.0 Å². The number of benzene rings is 2. The van der Waals surface area contributed by atoms with E-state index >= 15 is 0 Å². The number of methoxy groups -OCH3 is 1. The summed E-state index contributed by atoms with van der Waals surface area (Å²) in [4.78, 5) is 25.4. The molecule has 0 heterocycles. The predicted octanol–water partition coefficient (Wildman–Crippen LogP) is 3.20. The highest BCUT2D eigenvalue weighted by Crippen LogP contribution is 2.19. The van der Waals surface area contributed by atoms with Crippen molar-refractivity contribution in [3.05, 3.63) is 58.9 Å². The zero-order chi connectivity index (χ0) is 17.7. The van der Waals surface area contributed by atoms with E-state index in [1.807, 2.05) is 0 Å². The Morgan fingerprint density at radius 3 is 2.62 bits per heavy atom. The first kappa shape index (κ1) is 17.7. The molecule has 24 heavy (non-hydrogen) atoms. The number of hydrogen-bond acceptors (Lipinski definition) is 3. The van der Waals surface area contributed by atoms with Gasteiger partial charge in [0.1, 0.15) is 0 Å². The van der Waals surface area contributed by atoms with Gasteiger partial charge in [0.2, 0.25) is 5.91 Å².